The van der Waals surface area contributed by atoms with E-state index in [1.165, 1.54) is 31.0 Å². The molecule has 0 radical (unpaired) electrons. The molecule has 1 heterocycles. The minimum atomic E-state index is -0.185. The molecule has 0 aromatic heterocycles. The van der Waals surface area contributed by atoms with E-state index in [4.69, 9.17) is 4.74 Å². The first-order valence-corrected chi connectivity index (χ1v) is 10.4. The Bertz CT molecular complexity index is 821. The highest BCUT2D eigenvalue weighted by atomic mass is 16.5. The molecule has 1 aliphatic heterocycles. The molecule has 4 aliphatic carbocycles. The number of allylic oxidation sites excluding steroid dienone is 5. The zero-order valence-corrected chi connectivity index (χ0v) is 16.5. The molecule has 144 valence electrons. The lowest BCUT2D eigenvalue weighted by atomic mass is 9.47. The van der Waals surface area contributed by atoms with E-state index in [0.717, 1.165) is 25.8 Å². The van der Waals surface area contributed by atoms with Gasteiger partial charge in [-0.3, -0.25) is 9.59 Å². The summed E-state index contributed by atoms with van der Waals surface area (Å²) in [6, 6.07) is 0. The van der Waals surface area contributed by atoms with Crippen LogP contribution in [0.5, 0.6) is 0 Å². The van der Waals surface area contributed by atoms with Gasteiger partial charge in [-0.2, -0.15) is 0 Å². The summed E-state index contributed by atoms with van der Waals surface area (Å²) in [5.41, 5.74) is 4.16. The minimum absolute atomic E-state index is 0.0869. The smallest absolute Gasteiger partial charge is 0.302 e. The van der Waals surface area contributed by atoms with Crippen LogP contribution < -0.4 is 5.32 Å². The SMILES string of the molecule is CC(=O)O[C@@H]1C[C@]23CNC(C)=C2CC[C@H]3[C@@H]2CCC3=CC(=O)C=C[C@]3(C)[C@H]21. The summed E-state index contributed by atoms with van der Waals surface area (Å²) in [5.74, 6) is 1.36. The molecule has 1 N–H and O–H groups in total. The second kappa shape index (κ2) is 5.59. The molecule has 3 saturated carbocycles. The first-order valence-electron chi connectivity index (χ1n) is 10.4. The Balaban J connectivity index is 1.61. The van der Waals surface area contributed by atoms with Gasteiger partial charge in [0.2, 0.25) is 0 Å². The average molecular weight is 367 g/mol. The number of rotatable bonds is 1. The van der Waals surface area contributed by atoms with Gasteiger partial charge in [0, 0.05) is 35.9 Å². The maximum Gasteiger partial charge on any atom is 0.302 e. The molecule has 4 heteroatoms. The lowest BCUT2D eigenvalue weighted by molar-refractivity contribution is -0.166. The van der Waals surface area contributed by atoms with Gasteiger partial charge < -0.3 is 10.1 Å². The van der Waals surface area contributed by atoms with Crippen molar-refractivity contribution < 1.29 is 14.3 Å². The summed E-state index contributed by atoms with van der Waals surface area (Å²) in [5, 5.41) is 3.62. The Morgan fingerprint density at radius 1 is 1.30 bits per heavy atom. The monoisotopic (exact) mass is 367 g/mol. The molecular weight excluding hydrogens is 338 g/mol. The van der Waals surface area contributed by atoms with Gasteiger partial charge in [-0.05, 0) is 68.6 Å². The third kappa shape index (κ3) is 2.22. The lowest BCUT2D eigenvalue weighted by Crippen LogP contribution is -2.57. The quantitative estimate of drug-likeness (QED) is 0.718. The predicted molar refractivity (Wildman–Crippen MR) is 103 cm³/mol. The number of fused-ring (bicyclic) bond motifs is 4. The van der Waals surface area contributed by atoms with Crippen molar-refractivity contribution in [3.8, 4) is 0 Å². The molecule has 0 saturated heterocycles. The van der Waals surface area contributed by atoms with Gasteiger partial charge in [-0.1, -0.05) is 18.6 Å². The molecule has 4 nitrogen and oxygen atoms in total. The van der Waals surface area contributed by atoms with Gasteiger partial charge in [-0.25, -0.2) is 0 Å². The van der Waals surface area contributed by atoms with E-state index in [1.807, 2.05) is 6.08 Å². The van der Waals surface area contributed by atoms with Crippen LogP contribution in [0.1, 0.15) is 52.9 Å². The fourth-order valence-corrected chi connectivity index (χ4v) is 7.49. The predicted octanol–water partition coefficient (Wildman–Crippen LogP) is 3.69. The number of hydrogen-bond acceptors (Lipinski definition) is 4. The molecule has 0 aromatic carbocycles. The first-order chi connectivity index (χ1) is 12.8. The molecule has 0 unspecified atom stereocenters. The molecule has 0 bridgehead atoms. The molecule has 0 aromatic rings. The summed E-state index contributed by atoms with van der Waals surface area (Å²) in [6.45, 7) is 6.99. The van der Waals surface area contributed by atoms with E-state index in [0.29, 0.717) is 11.8 Å². The number of carbonyl (C=O) groups excluding carboxylic acids is 2. The lowest BCUT2D eigenvalue weighted by Gasteiger charge is -2.58. The third-order valence-corrected chi connectivity index (χ3v) is 8.44. The first kappa shape index (κ1) is 17.3. The van der Waals surface area contributed by atoms with Crippen molar-refractivity contribution in [2.75, 3.05) is 6.54 Å². The van der Waals surface area contributed by atoms with Crippen LogP contribution in [-0.2, 0) is 14.3 Å². The van der Waals surface area contributed by atoms with Crippen molar-refractivity contribution in [3.63, 3.8) is 0 Å². The fraction of sp³-hybridized carbons (Fsp3) is 0.652. The van der Waals surface area contributed by atoms with Crippen LogP contribution >= 0.6 is 0 Å². The van der Waals surface area contributed by atoms with Crippen molar-refractivity contribution in [2.45, 2.75) is 59.0 Å². The Labute approximate surface area is 161 Å². The van der Waals surface area contributed by atoms with Crippen molar-refractivity contribution in [1.29, 1.82) is 0 Å². The molecule has 27 heavy (non-hydrogen) atoms. The fourth-order valence-electron chi connectivity index (χ4n) is 7.49. The molecule has 6 atom stereocenters. The highest BCUT2D eigenvalue weighted by Gasteiger charge is 2.64. The molecule has 5 rings (SSSR count). The summed E-state index contributed by atoms with van der Waals surface area (Å²) >= 11 is 0. The van der Waals surface area contributed by atoms with Gasteiger partial charge in [0.25, 0.3) is 0 Å². The van der Waals surface area contributed by atoms with E-state index < -0.39 is 0 Å². The number of ketones is 1. The van der Waals surface area contributed by atoms with Crippen molar-refractivity contribution in [1.82, 2.24) is 5.32 Å². The van der Waals surface area contributed by atoms with Crippen LogP contribution in [0.25, 0.3) is 0 Å². The van der Waals surface area contributed by atoms with E-state index in [2.05, 4.69) is 25.2 Å². The van der Waals surface area contributed by atoms with Crippen LogP contribution in [0.4, 0.5) is 0 Å². The summed E-state index contributed by atoms with van der Waals surface area (Å²) in [7, 11) is 0. The van der Waals surface area contributed by atoms with Gasteiger partial charge >= 0.3 is 5.97 Å². The van der Waals surface area contributed by atoms with E-state index in [9.17, 15) is 9.59 Å². The van der Waals surface area contributed by atoms with Gasteiger partial charge in [0.05, 0.1) is 0 Å². The van der Waals surface area contributed by atoms with Crippen LogP contribution in [0.3, 0.4) is 0 Å². The van der Waals surface area contributed by atoms with Gasteiger partial charge in [0.1, 0.15) is 6.10 Å². The van der Waals surface area contributed by atoms with Gasteiger partial charge in [-0.15, -0.1) is 0 Å². The highest BCUT2D eigenvalue weighted by Crippen LogP contribution is 2.67. The number of esters is 1. The largest absolute Gasteiger partial charge is 0.462 e. The summed E-state index contributed by atoms with van der Waals surface area (Å²) < 4.78 is 6.01. The standard InChI is InChI=1S/C23H29NO3/c1-13-18-6-7-19-17-5-4-15-10-16(26)8-9-22(15,3)21(17)20(27-14(2)25)11-23(18,19)12-24-13/h8-10,17,19-21,24H,4-7,11-12H2,1-3H3/t17-,19-,20+,21+,22-,23-/m0/s1. The number of hydrogen-bond donors (Lipinski definition) is 1. The zero-order valence-electron chi connectivity index (χ0n) is 16.5. The maximum absolute atomic E-state index is 12.0. The highest BCUT2D eigenvalue weighted by molar-refractivity contribution is 6.01. The number of nitrogens with one attached hydrogen (secondary N) is 1. The van der Waals surface area contributed by atoms with Crippen molar-refractivity contribution in [3.05, 3.63) is 35.1 Å². The zero-order chi connectivity index (χ0) is 19.0. The summed E-state index contributed by atoms with van der Waals surface area (Å²) in [4.78, 5) is 24.0. The summed E-state index contributed by atoms with van der Waals surface area (Å²) in [6.07, 6.45) is 11.0. The second-order valence-corrected chi connectivity index (χ2v) is 9.53. The average Bonchev–Trinajstić information content (AvgIpc) is 3.12. The Kier molecular flexibility index (Phi) is 3.57. The normalized spacial score (nSPS) is 44.7. The molecule has 0 amide bonds. The number of ether oxygens (including phenoxy) is 1. The van der Waals surface area contributed by atoms with E-state index in [-0.39, 0.29) is 34.6 Å². The van der Waals surface area contributed by atoms with Crippen LogP contribution in [0, 0.1) is 28.6 Å². The second-order valence-electron chi connectivity index (χ2n) is 9.53. The Hall–Kier alpha value is -1.84. The van der Waals surface area contributed by atoms with E-state index >= 15 is 0 Å². The molecule has 5 aliphatic rings. The maximum atomic E-state index is 12.0. The molecular formula is C23H29NO3. The minimum Gasteiger partial charge on any atom is -0.462 e. The number of carbonyl (C=O) groups is 2. The van der Waals surface area contributed by atoms with Gasteiger partial charge in [0.15, 0.2) is 5.78 Å². The Morgan fingerprint density at radius 2 is 2.11 bits per heavy atom. The molecule has 1 spiro atoms. The van der Waals surface area contributed by atoms with Crippen molar-refractivity contribution in [2.24, 2.45) is 28.6 Å². The van der Waals surface area contributed by atoms with Crippen LogP contribution in [0.15, 0.2) is 35.1 Å². The third-order valence-electron chi connectivity index (χ3n) is 8.44. The van der Waals surface area contributed by atoms with E-state index in [1.54, 1.807) is 11.6 Å². The topological polar surface area (TPSA) is 55.4 Å². The van der Waals surface area contributed by atoms with Crippen LogP contribution in [0.2, 0.25) is 0 Å². The van der Waals surface area contributed by atoms with Crippen molar-refractivity contribution >= 4 is 11.8 Å². The van der Waals surface area contributed by atoms with Crippen LogP contribution in [-0.4, -0.2) is 24.4 Å². The Morgan fingerprint density at radius 3 is 2.89 bits per heavy atom. The molecule has 3 fully saturated rings.